The number of hydrogen-bond donors (Lipinski definition) is 0. The maximum absolute atomic E-state index is 13.9. The summed E-state index contributed by atoms with van der Waals surface area (Å²) in [6.45, 7) is 7.20. The van der Waals surface area contributed by atoms with Crippen LogP contribution in [-0.2, 0) is 6.54 Å². The Labute approximate surface area is 134 Å². The van der Waals surface area contributed by atoms with Crippen molar-refractivity contribution in [2.45, 2.75) is 20.4 Å². The van der Waals surface area contributed by atoms with Gasteiger partial charge in [0.2, 0.25) is 0 Å². The smallest absolute Gasteiger partial charge is 0.164 e. The quantitative estimate of drug-likeness (QED) is 0.812. The van der Waals surface area contributed by atoms with E-state index in [-0.39, 0.29) is 11.3 Å². The monoisotopic (exact) mass is 317 g/mol. The molecule has 6 heteroatoms. The van der Waals surface area contributed by atoms with E-state index in [2.05, 4.69) is 15.0 Å². The summed E-state index contributed by atoms with van der Waals surface area (Å²) in [5.74, 6) is 0.124. The molecule has 0 N–H and O–H groups in total. The summed E-state index contributed by atoms with van der Waals surface area (Å²) in [6, 6.07) is 6.74. The van der Waals surface area contributed by atoms with Crippen LogP contribution >= 0.6 is 0 Å². The van der Waals surface area contributed by atoms with E-state index in [1.807, 2.05) is 19.1 Å². The third kappa shape index (κ3) is 3.42. The van der Waals surface area contributed by atoms with Crippen LogP contribution in [0.15, 0.2) is 28.8 Å². The zero-order chi connectivity index (χ0) is 16.4. The number of rotatable bonds is 4. The van der Waals surface area contributed by atoms with Crippen LogP contribution in [0.1, 0.15) is 28.7 Å². The second-order valence-electron chi connectivity index (χ2n) is 5.88. The Morgan fingerprint density at radius 1 is 1.30 bits per heavy atom. The normalized spacial score (nSPS) is 15.9. The van der Waals surface area contributed by atoms with Gasteiger partial charge in [-0.25, -0.2) is 4.39 Å². The van der Waals surface area contributed by atoms with E-state index in [0.717, 1.165) is 44.2 Å². The number of halogens is 1. The lowest BCUT2D eigenvalue weighted by Crippen LogP contribution is -2.46. The number of nitrogens with zero attached hydrogens (tertiary/aromatic N) is 3. The van der Waals surface area contributed by atoms with Gasteiger partial charge in [0.25, 0.3) is 0 Å². The van der Waals surface area contributed by atoms with Crippen LogP contribution in [0.4, 0.5) is 10.1 Å². The molecule has 0 bridgehead atoms. The number of carbonyl (C=O) groups is 1. The second-order valence-corrected chi connectivity index (χ2v) is 5.88. The van der Waals surface area contributed by atoms with Gasteiger partial charge in [-0.2, -0.15) is 0 Å². The first kappa shape index (κ1) is 15.7. The van der Waals surface area contributed by atoms with Crippen LogP contribution in [0, 0.1) is 12.7 Å². The minimum Gasteiger partial charge on any atom is -0.368 e. The first-order valence-corrected chi connectivity index (χ1v) is 7.73. The molecule has 1 fully saturated rings. The van der Waals surface area contributed by atoms with Crippen molar-refractivity contribution < 1.29 is 13.7 Å². The molecule has 2 heterocycles. The molecule has 122 valence electrons. The van der Waals surface area contributed by atoms with E-state index in [9.17, 15) is 9.18 Å². The Morgan fingerprint density at radius 3 is 2.65 bits per heavy atom. The Bertz CT molecular complexity index is 706. The molecule has 0 unspecified atom stereocenters. The van der Waals surface area contributed by atoms with Gasteiger partial charge in [0, 0.05) is 38.8 Å². The van der Waals surface area contributed by atoms with Crippen LogP contribution in [0.25, 0.3) is 0 Å². The summed E-state index contributed by atoms with van der Waals surface area (Å²) >= 11 is 0. The van der Waals surface area contributed by atoms with Crippen molar-refractivity contribution in [1.29, 1.82) is 0 Å². The number of anilines is 1. The molecule has 0 amide bonds. The standard InChI is InChI=1S/C17H20FN3O2/c1-12-10-14(19-23-12)11-20-6-8-21(9-7-20)16-5-3-4-15(18)17(16)13(2)22/h3-5,10H,6-9,11H2,1-2H3. The molecule has 23 heavy (non-hydrogen) atoms. The lowest BCUT2D eigenvalue weighted by molar-refractivity contribution is 0.101. The van der Waals surface area contributed by atoms with Crippen LogP contribution in [-0.4, -0.2) is 42.0 Å². The number of benzene rings is 1. The van der Waals surface area contributed by atoms with E-state index >= 15 is 0 Å². The summed E-state index contributed by atoms with van der Waals surface area (Å²) in [5.41, 5.74) is 1.80. The van der Waals surface area contributed by atoms with Gasteiger partial charge < -0.3 is 9.42 Å². The summed E-state index contributed by atoms with van der Waals surface area (Å²) in [7, 11) is 0. The first-order chi connectivity index (χ1) is 11.0. The lowest BCUT2D eigenvalue weighted by atomic mass is 10.1. The highest BCUT2D eigenvalue weighted by atomic mass is 19.1. The van der Waals surface area contributed by atoms with Crippen molar-refractivity contribution in [2.75, 3.05) is 31.1 Å². The SMILES string of the molecule is CC(=O)c1c(F)cccc1N1CCN(Cc2cc(C)on2)CC1. The highest BCUT2D eigenvalue weighted by molar-refractivity contribution is 6.00. The minimum atomic E-state index is -0.449. The Balaban J connectivity index is 1.67. The summed E-state index contributed by atoms with van der Waals surface area (Å²) < 4.78 is 19.0. The second kappa shape index (κ2) is 6.50. The summed E-state index contributed by atoms with van der Waals surface area (Å²) in [6.07, 6.45) is 0. The van der Waals surface area contributed by atoms with E-state index < -0.39 is 5.82 Å². The molecule has 0 saturated carbocycles. The predicted molar refractivity (Wildman–Crippen MR) is 85.1 cm³/mol. The van der Waals surface area contributed by atoms with Crippen LogP contribution in [0.5, 0.6) is 0 Å². The van der Waals surface area contributed by atoms with Crippen LogP contribution in [0.2, 0.25) is 0 Å². The molecule has 0 aliphatic carbocycles. The van der Waals surface area contributed by atoms with Gasteiger partial charge >= 0.3 is 0 Å². The van der Waals surface area contributed by atoms with Gasteiger partial charge in [-0.1, -0.05) is 11.2 Å². The maximum Gasteiger partial charge on any atom is 0.164 e. The van der Waals surface area contributed by atoms with Gasteiger partial charge in [-0.05, 0) is 26.0 Å². The van der Waals surface area contributed by atoms with E-state index in [1.54, 1.807) is 6.07 Å². The molecule has 1 aromatic carbocycles. The number of piperazine rings is 1. The van der Waals surface area contributed by atoms with E-state index in [1.165, 1.54) is 13.0 Å². The van der Waals surface area contributed by atoms with Gasteiger partial charge in [0.15, 0.2) is 5.78 Å². The lowest BCUT2D eigenvalue weighted by Gasteiger charge is -2.36. The largest absolute Gasteiger partial charge is 0.368 e. The minimum absolute atomic E-state index is 0.188. The number of aryl methyl sites for hydroxylation is 1. The molecule has 0 radical (unpaired) electrons. The molecule has 5 nitrogen and oxygen atoms in total. The average molecular weight is 317 g/mol. The van der Waals surface area contributed by atoms with Gasteiger partial charge in [-0.3, -0.25) is 9.69 Å². The van der Waals surface area contributed by atoms with E-state index in [4.69, 9.17) is 4.52 Å². The molecule has 1 aromatic heterocycles. The fourth-order valence-corrected chi connectivity index (χ4v) is 2.99. The van der Waals surface area contributed by atoms with Gasteiger partial charge in [0.05, 0.1) is 16.9 Å². The zero-order valence-corrected chi connectivity index (χ0v) is 13.4. The van der Waals surface area contributed by atoms with Gasteiger partial charge in [0.1, 0.15) is 11.6 Å². The molecular formula is C17H20FN3O2. The van der Waals surface area contributed by atoms with Crippen molar-refractivity contribution in [3.8, 4) is 0 Å². The number of hydrogen-bond acceptors (Lipinski definition) is 5. The Morgan fingerprint density at radius 2 is 2.04 bits per heavy atom. The highest BCUT2D eigenvalue weighted by Crippen LogP contribution is 2.25. The first-order valence-electron chi connectivity index (χ1n) is 7.73. The number of Topliss-reactive ketones (excluding diaryl/α,β-unsaturated/α-hetero) is 1. The van der Waals surface area contributed by atoms with Gasteiger partial charge in [-0.15, -0.1) is 0 Å². The van der Waals surface area contributed by atoms with Crippen molar-refractivity contribution in [2.24, 2.45) is 0 Å². The van der Waals surface area contributed by atoms with Crippen LogP contribution in [0.3, 0.4) is 0 Å². The average Bonchev–Trinajstić information content (AvgIpc) is 2.92. The van der Waals surface area contributed by atoms with Crippen molar-refractivity contribution in [3.05, 3.63) is 47.1 Å². The summed E-state index contributed by atoms with van der Waals surface area (Å²) in [4.78, 5) is 16.1. The maximum atomic E-state index is 13.9. The van der Waals surface area contributed by atoms with Crippen molar-refractivity contribution >= 4 is 11.5 Å². The molecular weight excluding hydrogens is 297 g/mol. The number of aromatic nitrogens is 1. The third-order valence-electron chi connectivity index (χ3n) is 4.12. The molecule has 1 aliphatic rings. The summed E-state index contributed by atoms with van der Waals surface area (Å²) in [5, 5.41) is 4.01. The molecule has 2 aromatic rings. The molecule has 1 saturated heterocycles. The highest BCUT2D eigenvalue weighted by Gasteiger charge is 2.22. The Hall–Kier alpha value is -2.21. The zero-order valence-electron chi connectivity index (χ0n) is 13.4. The van der Waals surface area contributed by atoms with Crippen LogP contribution < -0.4 is 4.90 Å². The Kier molecular flexibility index (Phi) is 4.43. The fraction of sp³-hybridized carbons (Fsp3) is 0.412. The van der Waals surface area contributed by atoms with Crippen molar-refractivity contribution in [1.82, 2.24) is 10.1 Å². The topological polar surface area (TPSA) is 49.6 Å². The number of carbonyl (C=O) groups excluding carboxylic acids is 1. The van der Waals surface area contributed by atoms with E-state index in [0.29, 0.717) is 5.69 Å². The fourth-order valence-electron chi connectivity index (χ4n) is 2.99. The predicted octanol–water partition coefficient (Wildman–Crippen LogP) is 2.65. The number of ketones is 1. The molecule has 1 aliphatic heterocycles. The molecule has 0 atom stereocenters. The van der Waals surface area contributed by atoms with Crippen molar-refractivity contribution in [3.63, 3.8) is 0 Å². The molecule has 3 rings (SSSR count). The third-order valence-corrected chi connectivity index (χ3v) is 4.12. The molecule has 0 spiro atoms.